The van der Waals surface area contributed by atoms with E-state index in [1.165, 1.54) is 17.2 Å². The van der Waals surface area contributed by atoms with Crippen LogP contribution in [0.4, 0.5) is 4.39 Å². The first-order chi connectivity index (χ1) is 7.20. The summed E-state index contributed by atoms with van der Waals surface area (Å²) in [6.07, 6.45) is 4.22. The molecule has 0 N–H and O–H groups in total. The molecule has 0 unspecified atom stereocenters. The Morgan fingerprint density at radius 1 is 1.20 bits per heavy atom. The molecule has 0 heterocycles. The molecule has 0 nitrogen and oxygen atoms in total. The Balaban J connectivity index is 2.49. The average Bonchev–Trinajstić information content (AvgIpc) is 2.67. The minimum absolute atomic E-state index is 0.121. The molecule has 0 saturated carbocycles. The molecule has 0 fully saturated rings. The van der Waals surface area contributed by atoms with Gasteiger partial charge in [0.05, 0.1) is 0 Å². The van der Waals surface area contributed by atoms with Crippen LogP contribution in [0.2, 0.25) is 0 Å². The summed E-state index contributed by atoms with van der Waals surface area (Å²) in [4.78, 5) is 0. The predicted molar refractivity (Wildman–Crippen MR) is 62.0 cm³/mol. The van der Waals surface area contributed by atoms with E-state index < -0.39 is 0 Å². The fourth-order valence-corrected chi connectivity index (χ4v) is 2.09. The summed E-state index contributed by atoms with van der Waals surface area (Å²) in [5, 5.41) is 0. The van der Waals surface area contributed by atoms with Crippen LogP contribution < -0.4 is 0 Å². The van der Waals surface area contributed by atoms with E-state index in [-0.39, 0.29) is 5.82 Å². The molecular weight excluding hydrogens is 187 g/mol. The molecule has 15 heavy (non-hydrogen) atoms. The second-order valence-electron chi connectivity index (χ2n) is 4.11. The number of allylic oxidation sites excluding steroid dienone is 4. The summed E-state index contributed by atoms with van der Waals surface area (Å²) in [5.74, 6) is -0.121. The lowest BCUT2D eigenvalue weighted by Gasteiger charge is -2.09. The molecule has 0 amide bonds. The van der Waals surface area contributed by atoms with Crippen molar-refractivity contribution in [1.82, 2.24) is 0 Å². The standard InChI is InChI=1S/C14H15F/c1-10(2)11-7-5-8-12(11)13-6-3-4-9-14(13)15/h3-4,6,8-9H,5,7H2,1-2H3. The molecule has 1 aromatic rings. The van der Waals surface area contributed by atoms with Crippen LogP contribution in [0.1, 0.15) is 32.3 Å². The molecule has 0 bridgehead atoms. The molecule has 1 aliphatic carbocycles. The van der Waals surface area contributed by atoms with Gasteiger partial charge in [0.25, 0.3) is 0 Å². The Labute approximate surface area is 90.1 Å². The monoisotopic (exact) mass is 202 g/mol. The van der Waals surface area contributed by atoms with Crippen molar-refractivity contribution in [1.29, 1.82) is 0 Å². The number of hydrogen-bond acceptors (Lipinski definition) is 0. The Bertz CT molecular complexity index is 434. The lowest BCUT2D eigenvalue weighted by molar-refractivity contribution is 0.624. The molecule has 1 aromatic carbocycles. The maximum Gasteiger partial charge on any atom is 0.131 e. The third-order valence-electron chi connectivity index (χ3n) is 2.84. The first kappa shape index (κ1) is 10.2. The van der Waals surface area contributed by atoms with Crippen molar-refractivity contribution >= 4 is 5.57 Å². The van der Waals surface area contributed by atoms with Gasteiger partial charge in [0.15, 0.2) is 0 Å². The summed E-state index contributed by atoms with van der Waals surface area (Å²) in [5.41, 5.74) is 4.43. The van der Waals surface area contributed by atoms with Gasteiger partial charge in [-0.2, -0.15) is 0 Å². The lowest BCUT2D eigenvalue weighted by atomic mass is 9.97. The normalized spacial score (nSPS) is 15.4. The van der Waals surface area contributed by atoms with Crippen LogP contribution in [0.3, 0.4) is 0 Å². The highest BCUT2D eigenvalue weighted by Crippen LogP contribution is 2.36. The molecule has 1 aliphatic rings. The first-order valence-corrected chi connectivity index (χ1v) is 5.32. The summed E-state index contributed by atoms with van der Waals surface area (Å²) in [6, 6.07) is 7.00. The third-order valence-corrected chi connectivity index (χ3v) is 2.84. The fourth-order valence-electron chi connectivity index (χ4n) is 2.09. The van der Waals surface area contributed by atoms with Gasteiger partial charge in [-0.3, -0.25) is 0 Å². The number of halogens is 1. The van der Waals surface area contributed by atoms with Crippen molar-refractivity contribution in [3.63, 3.8) is 0 Å². The Morgan fingerprint density at radius 3 is 2.60 bits per heavy atom. The second-order valence-corrected chi connectivity index (χ2v) is 4.11. The zero-order valence-corrected chi connectivity index (χ0v) is 9.18. The van der Waals surface area contributed by atoms with E-state index in [2.05, 4.69) is 19.9 Å². The van der Waals surface area contributed by atoms with Gasteiger partial charge in [0.2, 0.25) is 0 Å². The van der Waals surface area contributed by atoms with Crippen LogP contribution in [0.15, 0.2) is 41.5 Å². The van der Waals surface area contributed by atoms with Gasteiger partial charge in [-0.05, 0) is 43.9 Å². The molecule has 0 spiro atoms. The predicted octanol–water partition coefficient (Wildman–Crippen LogP) is 4.34. The maximum absolute atomic E-state index is 13.6. The molecule has 0 aliphatic heterocycles. The van der Waals surface area contributed by atoms with Gasteiger partial charge in [0, 0.05) is 5.56 Å². The fraction of sp³-hybridized carbons (Fsp3) is 0.286. The van der Waals surface area contributed by atoms with E-state index in [0.717, 1.165) is 24.0 Å². The molecule has 1 heteroatoms. The van der Waals surface area contributed by atoms with E-state index in [0.29, 0.717) is 0 Å². The highest BCUT2D eigenvalue weighted by atomic mass is 19.1. The summed E-state index contributed by atoms with van der Waals surface area (Å²) in [6.45, 7) is 4.19. The van der Waals surface area contributed by atoms with Crippen molar-refractivity contribution < 1.29 is 4.39 Å². The topological polar surface area (TPSA) is 0 Å². The lowest BCUT2D eigenvalue weighted by Crippen LogP contribution is -1.91. The number of hydrogen-bond donors (Lipinski definition) is 0. The van der Waals surface area contributed by atoms with Gasteiger partial charge in [0.1, 0.15) is 5.82 Å². The van der Waals surface area contributed by atoms with Crippen LogP contribution in [-0.2, 0) is 0 Å². The van der Waals surface area contributed by atoms with Crippen LogP contribution in [0.5, 0.6) is 0 Å². The summed E-state index contributed by atoms with van der Waals surface area (Å²) >= 11 is 0. The second kappa shape index (κ2) is 4.01. The van der Waals surface area contributed by atoms with Crippen molar-refractivity contribution in [3.05, 3.63) is 52.9 Å². The third kappa shape index (κ3) is 1.87. The molecule has 0 radical (unpaired) electrons. The largest absolute Gasteiger partial charge is 0.206 e. The number of rotatable bonds is 1. The molecule has 78 valence electrons. The quantitative estimate of drug-likeness (QED) is 0.635. The minimum atomic E-state index is -0.121. The van der Waals surface area contributed by atoms with Crippen LogP contribution in [0, 0.1) is 5.82 Å². The highest BCUT2D eigenvalue weighted by molar-refractivity contribution is 5.82. The molecular formula is C14H15F. The van der Waals surface area contributed by atoms with Crippen molar-refractivity contribution in [3.8, 4) is 0 Å². The van der Waals surface area contributed by atoms with Gasteiger partial charge in [-0.1, -0.05) is 29.8 Å². The van der Waals surface area contributed by atoms with Gasteiger partial charge in [-0.15, -0.1) is 0 Å². The Morgan fingerprint density at radius 2 is 1.93 bits per heavy atom. The smallest absolute Gasteiger partial charge is 0.131 e. The van der Waals surface area contributed by atoms with E-state index in [4.69, 9.17) is 0 Å². The summed E-state index contributed by atoms with van der Waals surface area (Å²) in [7, 11) is 0. The Kier molecular flexibility index (Phi) is 2.72. The molecule has 0 aromatic heterocycles. The van der Waals surface area contributed by atoms with Crippen LogP contribution in [0.25, 0.3) is 5.57 Å². The van der Waals surface area contributed by atoms with Gasteiger partial charge < -0.3 is 0 Å². The van der Waals surface area contributed by atoms with Crippen LogP contribution in [-0.4, -0.2) is 0 Å². The molecule has 0 saturated heterocycles. The maximum atomic E-state index is 13.6. The number of benzene rings is 1. The SMILES string of the molecule is CC(C)=C1CCC=C1c1ccccc1F. The minimum Gasteiger partial charge on any atom is -0.206 e. The van der Waals surface area contributed by atoms with E-state index in [9.17, 15) is 4.39 Å². The van der Waals surface area contributed by atoms with Crippen LogP contribution >= 0.6 is 0 Å². The van der Waals surface area contributed by atoms with Gasteiger partial charge in [-0.25, -0.2) is 4.39 Å². The van der Waals surface area contributed by atoms with Gasteiger partial charge >= 0.3 is 0 Å². The van der Waals surface area contributed by atoms with E-state index >= 15 is 0 Å². The van der Waals surface area contributed by atoms with Crippen molar-refractivity contribution in [2.75, 3.05) is 0 Å². The highest BCUT2D eigenvalue weighted by Gasteiger charge is 2.16. The van der Waals surface area contributed by atoms with E-state index in [1.807, 2.05) is 12.1 Å². The first-order valence-electron chi connectivity index (χ1n) is 5.32. The molecule has 0 atom stereocenters. The Hall–Kier alpha value is -1.37. The average molecular weight is 202 g/mol. The zero-order valence-electron chi connectivity index (χ0n) is 9.18. The van der Waals surface area contributed by atoms with E-state index in [1.54, 1.807) is 6.07 Å². The molecule has 2 rings (SSSR count). The van der Waals surface area contributed by atoms with Crippen molar-refractivity contribution in [2.45, 2.75) is 26.7 Å². The summed E-state index contributed by atoms with van der Waals surface area (Å²) < 4.78 is 13.6. The zero-order chi connectivity index (χ0) is 10.8. The van der Waals surface area contributed by atoms with Crippen molar-refractivity contribution in [2.24, 2.45) is 0 Å².